The number of alkyl halides is 20. The maximum Gasteiger partial charge on any atom is 0.457 e. The Labute approximate surface area is 206 Å². The Morgan fingerprint density at radius 1 is 0.475 bits per heavy atom. The van der Waals surface area contributed by atoms with Crippen LogP contribution in [-0.4, -0.2) is 52.9 Å². The van der Waals surface area contributed by atoms with E-state index in [0.29, 0.717) is 0 Å². The molecule has 0 fully saturated rings. The van der Waals surface area contributed by atoms with Crippen molar-refractivity contribution in [2.24, 2.45) is 0 Å². The van der Waals surface area contributed by atoms with Gasteiger partial charge in [0.25, 0.3) is 11.2 Å². The number of halogens is 20. The van der Waals surface area contributed by atoms with E-state index in [2.05, 4.69) is 8.37 Å². The molecule has 0 N–H and O–H groups in total. The molecule has 2 aliphatic rings. The zero-order chi connectivity index (χ0) is 31.8. The van der Waals surface area contributed by atoms with Crippen LogP contribution < -0.4 is 0 Å². The molecule has 2 aliphatic heterocycles. The van der Waals surface area contributed by atoms with Crippen molar-refractivity contribution in [3.05, 3.63) is 29.3 Å². The number of hydrogen-bond donors (Lipinski definition) is 0. The second-order valence-corrected chi connectivity index (χ2v) is 9.60. The fourth-order valence-electron chi connectivity index (χ4n) is 3.96. The van der Waals surface area contributed by atoms with Gasteiger partial charge in [0.15, 0.2) is 0 Å². The maximum atomic E-state index is 14.5. The van der Waals surface area contributed by atoms with Gasteiger partial charge in [-0.3, -0.25) is 8.37 Å². The van der Waals surface area contributed by atoms with Crippen molar-refractivity contribution >= 4 is 10.9 Å². The second kappa shape index (κ2) is 7.90. The highest BCUT2D eigenvalue weighted by molar-refractivity contribution is 8.21. The second-order valence-electron chi connectivity index (χ2n) is 7.95. The smallest absolute Gasteiger partial charge is 0.457 e. The normalized spacial score (nSPS) is 22.3. The molecule has 0 saturated heterocycles. The van der Waals surface area contributed by atoms with Crippen molar-refractivity contribution in [1.82, 2.24) is 0 Å². The zero-order valence-corrected chi connectivity index (χ0v) is 18.2. The number of rotatable bonds is 4. The van der Waals surface area contributed by atoms with Crippen LogP contribution in [-0.2, 0) is 19.6 Å². The minimum atomic E-state index is -7.69. The van der Waals surface area contributed by atoms with Gasteiger partial charge in [-0.1, -0.05) is 29.1 Å². The summed E-state index contributed by atoms with van der Waals surface area (Å²) in [5.74, 6) is -30.7. The molecule has 1 aromatic rings. The molecule has 232 valence electrons. The van der Waals surface area contributed by atoms with E-state index in [4.69, 9.17) is 0 Å². The topological polar surface area (TPSA) is 41.5 Å². The third kappa shape index (κ3) is 3.40. The van der Waals surface area contributed by atoms with Gasteiger partial charge in [0.05, 0.1) is 0 Å². The van der Waals surface area contributed by atoms with E-state index in [-0.39, 0.29) is 0 Å². The van der Waals surface area contributed by atoms with Crippen LogP contribution in [0.1, 0.15) is 11.1 Å². The predicted octanol–water partition coefficient (Wildman–Crippen LogP) is 8.05. The van der Waals surface area contributed by atoms with Crippen molar-refractivity contribution in [2.45, 2.75) is 64.5 Å². The van der Waals surface area contributed by atoms with E-state index >= 15 is 0 Å². The molecule has 0 bridgehead atoms. The molecule has 0 aromatic heterocycles. The molecular formula is C16H3F20O3S-. The van der Waals surface area contributed by atoms with Gasteiger partial charge in [-0.25, -0.2) is 0 Å². The summed E-state index contributed by atoms with van der Waals surface area (Å²) in [6.45, 7) is 0. The molecule has 0 saturated carbocycles. The van der Waals surface area contributed by atoms with Gasteiger partial charge in [0.2, 0.25) is 0 Å². The molecule has 3 rings (SSSR count). The Bertz CT molecular complexity index is 1060. The van der Waals surface area contributed by atoms with Gasteiger partial charge in [-0.15, -0.1) is 0 Å². The molecule has 24 heteroatoms. The zero-order valence-electron chi connectivity index (χ0n) is 17.4. The number of hydrogen-bond acceptors (Lipinski definition) is 3. The van der Waals surface area contributed by atoms with Gasteiger partial charge < -0.3 is 4.55 Å². The van der Waals surface area contributed by atoms with Gasteiger partial charge in [0, 0.05) is 16.0 Å². The molecule has 0 radical (unpaired) electrons. The quantitative estimate of drug-likeness (QED) is 0.309. The summed E-state index contributed by atoms with van der Waals surface area (Å²) in [7, 11) is -7.27. The SMILES string of the molecule is [O-]S12OC(C(F)(F)C(F)(F)F)(C(F)(F)C(F)(F)F)c3cccc(c31)C(C(F)(F)C(F)(F)F)(C(F)(F)C(F)(F)F)O2. The van der Waals surface area contributed by atoms with Gasteiger partial charge >= 0.3 is 48.4 Å². The molecule has 1 aromatic carbocycles. The van der Waals surface area contributed by atoms with E-state index < -0.39 is 105 Å². The fraction of sp³-hybridized carbons (Fsp3) is 0.625. The number of benzene rings is 1. The van der Waals surface area contributed by atoms with Crippen molar-refractivity contribution < 1.29 is 101 Å². The molecule has 0 atom stereocenters. The van der Waals surface area contributed by atoms with Crippen LogP contribution in [0.15, 0.2) is 23.1 Å². The van der Waals surface area contributed by atoms with Crippen LogP contribution in [0.3, 0.4) is 0 Å². The molecule has 0 amide bonds. The largest absolute Gasteiger partial charge is 0.769 e. The summed E-state index contributed by atoms with van der Waals surface area (Å²) in [6, 6.07) is -2.26. The third-order valence-corrected chi connectivity index (χ3v) is 7.56. The first-order valence-electron chi connectivity index (χ1n) is 9.14. The van der Waals surface area contributed by atoms with Crippen molar-refractivity contribution in [2.75, 3.05) is 0 Å². The molecule has 2 heterocycles. The molecule has 3 nitrogen and oxygen atoms in total. The molecule has 0 aliphatic carbocycles. The summed E-state index contributed by atoms with van der Waals surface area (Å²) in [5.41, 5.74) is -20.2. The molecule has 0 unspecified atom stereocenters. The third-order valence-electron chi connectivity index (χ3n) is 5.69. The average molecular weight is 655 g/mol. The average Bonchev–Trinajstić information content (AvgIpc) is 3.15. The molecular weight excluding hydrogens is 652 g/mol. The highest BCUT2D eigenvalue weighted by atomic mass is 32.3. The van der Waals surface area contributed by atoms with Crippen LogP contribution in [0.5, 0.6) is 0 Å². The first-order chi connectivity index (χ1) is 17.3. The van der Waals surface area contributed by atoms with E-state index in [1.54, 1.807) is 0 Å². The Kier molecular flexibility index (Phi) is 6.43. The predicted molar refractivity (Wildman–Crippen MR) is 82.6 cm³/mol. The lowest BCUT2D eigenvalue weighted by Crippen LogP contribution is -2.70. The first-order valence-corrected chi connectivity index (χ1v) is 10.5. The van der Waals surface area contributed by atoms with Gasteiger partial charge in [-0.05, 0) is 0 Å². The Balaban J connectivity index is 2.64. The highest BCUT2D eigenvalue weighted by Crippen LogP contribution is 2.84. The maximum absolute atomic E-state index is 14.5. The lowest BCUT2D eigenvalue weighted by Gasteiger charge is -2.50. The van der Waals surface area contributed by atoms with E-state index in [1.807, 2.05) is 0 Å². The summed E-state index contributed by atoms with van der Waals surface area (Å²) in [6.07, 6.45) is -30.5. The van der Waals surface area contributed by atoms with Crippen LogP contribution in [0.2, 0.25) is 0 Å². The highest BCUT2D eigenvalue weighted by Gasteiger charge is 2.94. The lowest BCUT2D eigenvalue weighted by atomic mass is 9.75. The van der Waals surface area contributed by atoms with Crippen molar-refractivity contribution in [3.63, 3.8) is 0 Å². The van der Waals surface area contributed by atoms with Crippen molar-refractivity contribution in [3.8, 4) is 0 Å². The van der Waals surface area contributed by atoms with E-state index in [1.165, 1.54) is 0 Å². The first kappa shape index (κ1) is 32.6. The standard InChI is InChI=1S/C16H4F20O3S/c17-9(18,13(25,26)27)7(10(19,20)14(28,29)30)4-2-1-3-5-6(4)40(37,38-7)39-8(5,11(21,22)15(31,32)33)12(23,24)16(34,35)36/h1-3,37H/p-1. The summed E-state index contributed by atoms with van der Waals surface area (Å²) in [4.78, 5) is -3.12. The Hall–Kier alpha value is -1.95. The van der Waals surface area contributed by atoms with E-state index in [9.17, 15) is 92.4 Å². The van der Waals surface area contributed by atoms with Gasteiger partial charge in [-0.2, -0.15) is 87.8 Å². The van der Waals surface area contributed by atoms with Crippen LogP contribution in [0.4, 0.5) is 87.8 Å². The Morgan fingerprint density at radius 3 is 0.900 bits per heavy atom. The lowest BCUT2D eigenvalue weighted by molar-refractivity contribution is -0.430. The summed E-state index contributed by atoms with van der Waals surface area (Å²) >= 11 is 0. The minimum absolute atomic E-state index is 0.626. The monoisotopic (exact) mass is 655 g/mol. The van der Waals surface area contributed by atoms with Crippen LogP contribution in [0, 0.1) is 0 Å². The Morgan fingerprint density at radius 2 is 0.700 bits per heavy atom. The molecule has 0 spiro atoms. The van der Waals surface area contributed by atoms with Crippen molar-refractivity contribution in [1.29, 1.82) is 0 Å². The summed E-state index contributed by atoms with van der Waals surface area (Å²) in [5, 5.41) is 0. The van der Waals surface area contributed by atoms with Crippen LogP contribution >= 0.6 is 10.9 Å². The van der Waals surface area contributed by atoms with Crippen LogP contribution in [0.25, 0.3) is 0 Å². The van der Waals surface area contributed by atoms with E-state index in [0.717, 1.165) is 0 Å². The van der Waals surface area contributed by atoms with Gasteiger partial charge in [0.1, 0.15) is 0 Å². The summed E-state index contributed by atoms with van der Waals surface area (Å²) < 4.78 is 293. The molecule has 40 heavy (non-hydrogen) atoms. The minimum Gasteiger partial charge on any atom is -0.769 e. The fourth-order valence-corrected chi connectivity index (χ4v) is 6.38.